The quantitative estimate of drug-likeness (QED) is 0.709. The highest BCUT2D eigenvalue weighted by Gasteiger charge is 2.29. The minimum Gasteiger partial charge on any atom is -0.390 e. The van der Waals surface area contributed by atoms with Crippen LogP contribution in [-0.2, 0) is 0 Å². The van der Waals surface area contributed by atoms with Gasteiger partial charge in [-0.15, -0.1) is 11.3 Å². The summed E-state index contributed by atoms with van der Waals surface area (Å²) in [6.07, 6.45) is 2.92. The van der Waals surface area contributed by atoms with Crippen molar-refractivity contribution in [3.63, 3.8) is 0 Å². The van der Waals surface area contributed by atoms with E-state index in [1.54, 1.807) is 31.5 Å². The van der Waals surface area contributed by atoms with Crippen molar-refractivity contribution >= 4 is 28.2 Å². The number of aromatic nitrogens is 3. The number of aliphatic hydroxyl groups excluding tert-OH is 1. The molecule has 0 bridgehead atoms. The molecular formula is C16H17N5O2S. The minimum absolute atomic E-state index is 0.0324. The van der Waals surface area contributed by atoms with Gasteiger partial charge in [0.1, 0.15) is 5.82 Å². The third-order valence-corrected chi connectivity index (χ3v) is 5.07. The van der Waals surface area contributed by atoms with Gasteiger partial charge in [-0.05, 0) is 19.1 Å². The molecule has 3 aromatic rings. The van der Waals surface area contributed by atoms with Gasteiger partial charge in [0.15, 0.2) is 16.2 Å². The van der Waals surface area contributed by atoms with Crippen LogP contribution in [0.2, 0.25) is 0 Å². The molecule has 3 aromatic heterocycles. The summed E-state index contributed by atoms with van der Waals surface area (Å²) in [5.41, 5.74) is 7.06. The summed E-state index contributed by atoms with van der Waals surface area (Å²) in [7, 11) is 0. The first-order valence-corrected chi connectivity index (χ1v) is 8.54. The highest BCUT2D eigenvalue weighted by Crippen LogP contribution is 2.23. The first kappa shape index (κ1) is 15.3. The van der Waals surface area contributed by atoms with Crippen LogP contribution in [0, 0.1) is 6.92 Å². The van der Waals surface area contributed by atoms with Crippen molar-refractivity contribution in [3.05, 3.63) is 45.7 Å². The molecule has 0 unspecified atom stereocenters. The van der Waals surface area contributed by atoms with Crippen LogP contribution in [0.1, 0.15) is 5.56 Å². The molecule has 7 nitrogen and oxygen atoms in total. The van der Waals surface area contributed by atoms with E-state index in [-0.39, 0.29) is 11.5 Å². The minimum atomic E-state index is -0.568. The Morgan fingerprint density at radius 1 is 1.38 bits per heavy atom. The molecule has 0 aliphatic carbocycles. The van der Waals surface area contributed by atoms with Crippen LogP contribution in [0.3, 0.4) is 0 Å². The summed E-state index contributed by atoms with van der Waals surface area (Å²) >= 11 is 1.48. The topological polar surface area (TPSA) is 97.3 Å². The molecule has 24 heavy (non-hydrogen) atoms. The fourth-order valence-electron chi connectivity index (χ4n) is 2.98. The summed E-state index contributed by atoms with van der Waals surface area (Å²) in [5, 5.41) is 13.1. The van der Waals surface area contributed by atoms with Gasteiger partial charge in [0.25, 0.3) is 0 Å². The van der Waals surface area contributed by atoms with Crippen molar-refractivity contribution in [2.24, 2.45) is 5.73 Å². The van der Waals surface area contributed by atoms with Crippen LogP contribution in [0.5, 0.6) is 0 Å². The summed E-state index contributed by atoms with van der Waals surface area (Å²) in [5.74, 6) is 0.697. The predicted molar refractivity (Wildman–Crippen MR) is 93.9 cm³/mol. The van der Waals surface area contributed by atoms with E-state index in [1.165, 1.54) is 11.3 Å². The number of β-amino-alcohol motifs (C(OH)–C–C–N with tert-alkyl or cyclic N) is 1. The van der Waals surface area contributed by atoms with Crippen LogP contribution >= 0.6 is 11.3 Å². The van der Waals surface area contributed by atoms with Crippen LogP contribution in [-0.4, -0.2) is 44.9 Å². The van der Waals surface area contributed by atoms with E-state index in [1.807, 2.05) is 14.8 Å². The van der Waals surface area contributed by atoms with Crippen molar-refractivity contribution in [3.8, 4) is 5.13 Å². The van der Waals surface area contributed by atoms with Crippen molar-refractivity contribution in [2.45, 2.75) is 19.1 Å². The Morgan fingerprint density at radius 2 is 2.21 bits per heavy atom. The number of pyridine rings is 2. The first-order valence-electron chi connectivity index (χ1n) is 7.66. The summed E-state index contributed by atoms with van der Waals surface area (Å²) in [4.78, 5) is 23.4. The van der Waals surface area contributed by atoms with Crippen LogP contribution < -0.4 is 16.1 Å². The molecule has 124 valence electrons. The van der Waals surface area contributed by atoms with Crippen molar-refractivity contribution < 1.29 is 5.11 Å². The molecule has 4 rings (SSSR count). The fraction of sp³-hybridized carbons (Fsp3) is 0.312. The Balaban J connectivity index is 1.91. The van der Waals surface area contributed by atoms with Crippen molar-refractivity contribution in [1.29, 1.82) is 0 Å². The Kier molecular flexibility index (Phi) is 3.60. The number of nitrogens with two attached hydrogens (primary N) is 1. The average molecular weight is 343 g/mol. The van der Waals surface area contributed by atoms with E-state index in [4.69, 9.17) is 5.73 Å². The molecular weight excluding hydrogens is 326 g/mol. The molecule has 0 spiro atoms. The molecule has 4 heterocycles. The van der Waals surface area contributed by atoms with E-state index >= 15 is 0 Å². The maximum Gasteiger partial charge on any atom is 0.195 e. The van der Waals surface area contributed by atoms with Gasteiger partial charge in [0.2, 0.25) is 0 Å². The first-order chi connectivity index (χ1) is 11.5. The second-order valence-corrected chi connectivity index (χ2v) is 6.88. The molecule has 1 aliphatic heterocycles. The van der Waals surface area contributed by atoms with E-state index in [0.717, 1.165) is 5.13 Å². The van der Waals surface area contributed by atoms with Crippen LogP contribution in [0.4, 0.5) is 5.82 Å². The van der Waals surface area contributed by atoms with Gasteiger partial charge in [0, 0.05) is 42.5 Å². The number of aryl methyl sites for hydroxylation is 1. The van der Waals surface area contributed by atoms with Crippen LogP contribution in [0.15, 0.2) is 34.7 Å². The molecule has 0 radical (unpaired) electrons. The number of nitrogens with zero attached hydrogens (tertiary/aromatic N) is 4. The van der Waals surface area contributed by atoms with Crippen molar-refractivity contribution in [1.82, 2.24) is 14.5 Å². The molecule has 8 heteroatoms. The molecule has 0 amide bonds. The lowest BCUT2D eigenvalue weighted by atomic mass is 10.2. The zero-order valence-electron chi connectivity index (χ0n) is 13.1. The largest absolute Gasteiger partial charge is 0.390 e. The number of rotatable bonds is 2. The zero-order chi connectivity index (χ0) is 16.8. The highest BCUT2D eigenvalue weighted by atomic mass is 32.1. The molecule has 0 saturated carbocycles. The van der Waals surface area contributed by atoms with Gasteiger partial charge >= 0.3 is 0 Å². The molecule has 3 N–H and O–H groups in total. The lowest BCUT2D eigenvalue weighted by molar-refractivity contribution is 0.180. The van der Waals surface area contributed by atoms with E-state index in [0.29, 0.717) is 35.5 Å². The SMILES string of the molecule is Cc1cn(-c2nccs2)c2nc(N3C[C@H](N)[C@@H](O)C3)ccc2c1=O. The Hall–Kier alpha value is -2.29. The Bertz CT molecular complexity index is 943. The predicted octanol–water partition coefficient (Wildman–Crippen LogP) is 0.659. The third-order valence-electron chi connectivity index (χ3n) is 4.30. The third kappa shape index (κ3) is 2.39. The van der Waals surface area contributed by atoms with Crippen molar-refractivity contribution in [2.75, 3.05) is 18.0 Å². The maximum atomic E-state index is 12.4. The van der Waals surface area contributed by atoms with E-state index < -0.39 is 6.10 Å². The molecule has 2 atom stereocenters. The number of anilines is 1. The number of aliphatic hydroxyl groups is 1. The van der Waals surface area contributed by atoms with Gasteiger partial charge in [0.05, 0.1) is 11.5 Å². The number of hydrogen-bond acceptors (Lipinski definition) is 7. The molecule has 1 fully saturated rings. The van der Waals surface area contributed by atoms with Gasteiger partial charge in [-0.2, -0.15) is 0 Å². The monoisotopic (exact) mass is 343 g/mol. The van der Waals surface area contributed by atoms with Gasteiger partial charge in [-0.25, -0.2) is 9.97 Å². The lowest BCUT2D eigenvalue weighted by Gasteiger charge is -2.18. The summed E-state index contributed by atoms with van der Waals surface area (Å²) in [6, 6.07) is 3.30. The second kappa shape index (κ2) is 5.66. The highest BCUT2D eigenvalue weighted by molar-refractivity contribution is 7.12. The maximum absolute atomic E-state index is 12.4. The zero-order valence-corrected chi connectivity index (χ0v) is 13.9. The van der Waals surface area contributed by atoms with E-state index in [2.05, 4.69) is 9.97 Å². The normalized spacial score (nSPS) is 20.9. The average Bonchev–Trinajstić information content (AvgIpc) is 3.21. The lowest BCUT2D eigenvalue weighted by Crippen LogP contribution is -2.32. The van der Waals surface area contributed by atoms with Gasteiger partial charge in [-0.3, -0.25) is 9.36 Å². The molecule has 1 saturated heterocycles. The Morgan fingerprint density at radius 3 is 2.88 bits per heavy atom. The molecule has 0 aromatic carbocycles. The smallest absolute Gasteiger partial charge is 0.195 e. The standard InChI is InChI=1S/C16H17N5O2S/c1-9-6-21(16-18-4-5-24-16)15-10(14(9)23)2-3-13(19-15)20-7-11(17)12(22)8-20/h2-6,11-12,22H,7-8,17H2,1H3/t11-,12-/m0/s1. The summed E-state index contributed by atoms with van der Waals surface area (Å²) in [6.45, 7) is 2.76. The van der Waals surface area contributed by atoms with E-state index in [9.17, 15) is 9.90 Å². The Labute approximate surface area is 142 Å². The van der Waals surface area contributed by atoms with Gasteiger partial charge < -0.3 is 15.7 Å². The number of fused-ring (bicyclic) bond motifs is 1. The molecule has 1 aliphatic rings. The summed E-state index contributed by atoms with van der Waals surface area (Å²) < 4.78 is 1.84. The number of thiazole rings is 1. The second-order valence-electron chi connectivity index (χ2n) is 6.00. The fourth-order valence-corrected chi connectivity index (χ4v) is 3.60. The van der Waals surface area contributed by atoms with Crippen LogP contribution in [0.25, 0.3) is 16.2 Å². The number of hydrogen-bond donors (Lipinski definition) is 2. The van der Waals surface area contributed by atoms with Gasteiger partial charge in [-0.1, -0.05) is 0 Å².